The maximum Gasteiger partial charge on any atom is 0.234 e. The highest BCUT2D eigenvalue weighted by Crippen LogP contribution is 2.12. The molecule has 0 saturated carbocycles. The number of nitrogens with one attached hydrogen (secondary N) is 1. The molecule has 4 nitrogen and oxygen atoms in total. The van der Waals surface area contributed by atoms with Crippen LogP contribution in [0.1, 0.15) is 19.4 Å². The summed E-state index contributed by atoms with van der Waals surface area (Å²) >= 11 is 0. The van der Waals surface area contributed by atoms with Gasteiger partial charge in [-0.3, -0.25) is 9.69 Å². The third kappa shape index (κ3) is 5.75. The molecule has 0 fully saturated rings. The third-order valence-corrected chi connectivity index (χ3v) is 3.13. The van der Waals surface area contributed by atoms with Crippen LogP contribution < -0.4 is 10.1 Å². The number of ether oxygens (including phenoxy) is 1. The minimum atomic E-state index is 0.0894. The van der Waals surface area contributed by atoms with E-state index in [2.05, 4.69) is 24.1 Å². The van der Waals surface area contributed by atoms with E-state index in [-0.39, 0.29) is 5.91 Å². The lowest BCUT2D eigenvalue weighted by Crippen LogP contribution is -2.37. The lowest BCUT2D eigenvalue weighted by molar-refractivity contribution is -0.122. The van der Waals surface area contributed by atoms with Crippen molar-refractivity contribution in [2.24, 2.45) is 0 Å². The van der Waals surface area contributed by atoms with Gasteiger partial charge in [0.2, 0.25) is 5.91 Å². The summed E-state index contributed by atoms with van der Waals surface area (Å²) in [7, 11) is 1.66. The van der Waals surface area contributed by atoms with Gasteiger partial charge in [0.1, 0.15) is 5.75 Å². The molecule has 0 bridgehead atoms. The number of nitrogens with zero attached hydrogens (tertiary/aromatic N) is 1. The summed E-state index contributed by atoms with van der Waals surface area (Å²) in [6.45, 7) is 7.07. The van der Waals surface area contributed by atoms with Gasteiger partial charge in [0, 0.05) is 6.54 Å². The van der Waals surface area contributed by atoms with Gasteiger partial charge in [0.15, 0.2) is 0 Å². The van der Waals surface area contributed by atoms with E-state index in [0.29, 0.717) is 13.1 Å². The van der Waals surface area contributed by atoms with E-state index in [4.69, 9.17) is 4.74 Å². The predicted octanol–water partition coefficient (Wildman–Crippen LogP) is 1.70. The lowest BCUT2D eigenvalue weighted by Gasteiger charge is -2.17. The highest BCUT2D eigenvalue weighted by atomic mass is 16.5. The molecule has 0 aliphatic heterocycles. The zero-order valence-corrected chi connectivity index (χ0v) is 12.1. The number of carbonyl (C=O) groups is 1. The summed E-state index contributed by atoms with van der Waals surface area (Å²) in [6.07, 6.45) is 0.821. The number of amides is 1. The zero-order valence-electron chi connectivity index (χ0n) is 12.1. The van der Waals surface area contributed by atoms with Crippen molar-refractivity contribution in [3.63, 3.8) is 0 Å². The maximum absolute atomic E-state index is 11.7. The maximum atomic E-state index is 11.7. The van der Waals surface area contributed by atoms with Crippen molar-refractivity contribution in [3.8, 4) is 5.75 Å². The molecule has 0 aromatic heterocycles. The van der Waals surface area contributed by atoms with Crippen molar-refractivity contribution < 1.29 is 9.53 Å². The highest BCUT2D eigenvalue weighted by molar-refractivity contribution is 5.77. The largest absolute Gasteiger partial charge is 0.497 e. The van der Waals surface area contributed by atoms with Crippen LogP contribution in [0.5, 0.6) is 5.75 Å². The number of rotatable bonds is 8. The third-order valence-electron chi connectivity index (χ3n) is 3.13. The second kappa shape index (κ2) is 8.53. The molecule has 0 aliphatic carbocycles. The van der Waals surface area contributed by atoms with E-state index < -0.39 is 0 Å². The van der Waals surface area contributed by atoms with Gasteiger partial charge in [-0.05, 0) is 37.2 Å². The molecule has 4 heteroatoms. The van der Waals surface area contributed by atoms with Crippen LogP contribution in [0, 0.1) is 0 Å². The number of likely N-dealkylation sites (N-methyl/N-ethyl adjacent to an activating group) is 1. The Balaban J connectivity index is 2.31. The molecule has 19 heavy (non-hydrogen) atoms. The Labute approximate surface area is 115 Å². The van der Waals surface area contributed by atoms with Crippen LogP contribution in [0.4, 0.5) is 0 Å². The first-order chi connectivity index (χ1) is 9.19. The fourth-order valence-corrected chi connectivity index (χ4v) is 1.88. The van der Waals surface area contributed by atoms with Crippen molar-refractivity contribution >= 4 is 5.91 Å². The zero-order chi connectivity index (χ0) is 14.1. The first-order valence-corrected chi connectivity index (χ1v) is 6.81. The van der Waals surface area contributed by atoms with Crippen molar-refractivity contribution in [1.29, 1.82) is 0 Å². The molecule has 1 N–H and O–H groups in total. The second-order valence-corrected chi connectivity index (χ2v) is 4.41. The van der Waals surface area contributed by atoms with Gasteiger partial charge >= 0.3 is 0 Å². The normalized spacial score (nSPS) is 10.5. The van der Waals surface area contributed by atoms with Gasteiger partial charge in [-0.1, -0.05) is 26.0 Å². The van der Waals surface area contributed by atoms with Crippen LogP contribution in [-0.2, 0) is 11.2 Å². The van der Waals surface area contributed by atoms with Gasteiger partial charge < -0.3 is 10.1 Å². The summed E-state index contributed by atoms with van der Waals surface area (Å²) in [4.78, 5) is 13.8. The summed E-state index contributed by atoms with van der Waals surface area (Å²) in [5.41, 5.74) is 1.17. The van der Waals surface area contributed by atoms with Gasteiger partial charge in [-0.15, -0.1) is 0 Å². The molecule has 0 radical (unpaired) electrons. The Bertz CT molecular complexity index is 389. The van der Waals surface area contributed by atoms with Crippen LogP contribution in [-0.4, -0.2) is 44.1 Å². The quantitative estimate of drug-likeness (QED) is 0.777. The molecule has 0 unspecified atom stereocenters. The molecule has 0 saturated heterocycles. The molecule has 106 valence electrons. The van der Waals surface area contributed by atoms with E-state index in [9.17, 15) is 4.79 Å². The SMILES string of the molecule is CCN(CC)CC(=O)NCCc1cccc(OC)c1. The molecular weight excluding hydrogens is 240 g/mol. The van der Waals surface area contributed by atoms with E-state index in [1.165, 1.54) is 5.56 Å². The van der Waals surface area contributed by atoms with Crippen molar-refractivity contribution in [2.45, 2.75) is 20.3 Å². The van der Waals surface area contributed by atoms with Gasteiger partial charge in [-0.25, -0.2) is 0 Å². The summed E-state index contributed by atoms with van der Waals surface area (Å²) < 4.78 is 5.17. The van der Waals surface area contributed by atoms with Crippen molar-refractivity contribution in [1.82, 2.24) is 10.2 Å². The predicted molar refractivity (Wildman–Crippen MR) is 77.5 cm³/mol. The molecule has 1 aromatic carbocycles. The molecule has 0 aliphatic rings. The highest BCUT2D eigenvalue weighted by Gasteiger charge is 2.06. The molecule has 1 rings (SSSR count). The Hall–Kier alpha value is -1.55. The van der Waals surface area contributed by atoms with Crippen LogP contribution in [0.15, 0.2) is 24.3 Å². The molecule has 1 aromatic rings. The van der Waals surface area contributed by atoms with Crippen LogP contribution >= 0.6 is 0 Å². The second-order valence-electron chi connectivity index (χ2n) is 4.41. The topological polar surface area (TPSA) is 41.6 Å². The summed E-state index contributed by atoms with van der Waals surface area (Å²) in [5.74, 6) is 0.943. The Morgan fingerprint density at radius 3 is 2.68 bits per heavy atom. The Morgan fingerprint density at radius 1 is 1.32 bits per heavy atom. The van der Waals surface area contributed by atoms with Crippen molar-refractivity contribution in [3.05, 3.63) is 29.8 Å². The van der Waals surface area contributed by atoms with Crippen molar-refractivity contribution in [2.75, 3.05) is 33.3 Å². The van der Waals surface area contributed by atoms with Gasteiger partial charge in [0.05, 0.1) is 13.7 Å². The summed E-state index contributed by atoms with van der Waals surface area (Å²) in [6, 6.07) is 7.92. The summed E-state index contributed by atoms with van der Waals surface area (Å²) in [5, 5.41) is 2.95. The van der Waals surface area contributed by atoms with E-state index in [1.807, 2.05) is 24.3 Å². The van der Waals surface area contributed by atoms with E-state index in [1.54, 1.807) is 7.11 Å². The van der Waals surface area contributed by atoms with Gasteiger partial charge in [0.25, 0.3) is 0 Å². The molecular formula is C15H24N2O2. The Kier molecular flexibility index (Phi) is 6.97. The molecule has 0 heterocycles. The molecule has 1 amide bonds. The fraction of sp³-hybridized carbons (Fsp3) is 0.533. The number of hydrogen-bond acceptors (Lipinski definition) is 3. The van der Waals surface area contributed by atoms with Crippen LogP contribution in [0.25, 0.3) is 0 Å². The first kappa shape index (κ1) is 15.5. The fourth-order valence-electron chi connectivity index (χ4n) is 1.88. The smallest absolute Gasteiger partial charge is 0.234 e. The lowest BCUT2D eigenvalue weighted by atomic mass is 10.1. The first-order valence-electron chi connectivity index (χ1n) is 6.81. The number of hydrogen-bond donors (Lipinski definition) is 1. The number of methoxy groups -OCH3 is 1. The monoisotopic (exact) mass is 264 g/mol. The molecule has 0 spiro atoms. The van der Waals surface area contributed by atoms with Crippen LogP contribution in [0.2, 0.25) is 0 Å². The number of carbonyl (C=O) groups excluding carboxylic acids is 1. The average Bonchev–Trinajstić information content (AvgIpc) is 2.45. The van der Waals surface area contributed by atoms with E-state index in [0.717, 1.165) is 25.3 Å². The van der Waals surface area contributed by atoms with Gasteiger partial charge in [-0.2, -0.15) is 0 Å². The Morgan fingerprint density at radius 2 is 2.05 bits per heavy atom. The van der Waals surface area contributed by atoms with E-state index >= 15 is 0 Å². The average molecular weight is 264 g/mol. The van der Waals surface area contributed by atoms with Crippen LogP contribution in [0.3, 0.4) is 0 Å². The minimum absolute atomic E-state index is 0.0894. The standard InChI is InChI=1S/C15H24N2O2/c1-4-17(5-2)12-15(18)16-10-9-13-7-6-8-14(11-13)19-3/h6-8,11H,4-5,9-10,12H2,1-3H3,(H,16,18). The number of benzene rings is 1. The minimum Gasteiger partial charge on any atom is -0.497 e. The molecule has 0 atom stereocenters.